The van der Waals surface area contributed by atoms with Gasteiger partial charge in [-0.3, -0.25) is 19.1 Å². The molecule has 10 nitrogen and oxygen atoms in total. The zero-order chi connectivity index (χ0) is 25.2. The molecule has 1 aromatic heterocycles. The molecule has 1 atom stereocenters. The van der Waals surface area contributed by atoms with Crippen LogP contribution in [0.2, 0.25) is 0 Å². The van der Waals surface area contributed by atoms with Crippen molar-refractivity contribution in [1.29, 1.82) is 0 Å². The maximum Gasteiger partial charge on any atom is 0.276 e. The highest BCUT2D eigenvalue weighted by molar-refractivity contribution is 6.06. The van der Waals surface area contributed by atoms with Crippen molar-refractivity contribution < 1.29 is 23.9 Å². The molecule has 2 aromatic rings. The lowest BCUT2D eigenvalue weighted by Crippen LogP contribution is -2.63. The van der Waals surface area contributed by atoms with E-state index in [0.717, 1.165) is 25.7 Å². The van der Waals surface area contributed by atoms with Crippen LogP contribution in [0.15, 0.2) is 24.3 Å². The number of carbonyl (C=O) groups is 3. The number of benzene rings is 1. The van der Waals surface area contributed by atoms with Gasteiger partial charge in [-0.25, -0.2) is 0 Å². The average Bonchev–Trinajstić information content (AvgIpc) is 3.10. The van der Waals surface area contributed by atoms with Crippen molar-refractivity contribution in [1.82, 2.24) is 20.0 Å². The lowest BCUT2D eigenvalue weighted by Gasteiger charge is -2.41. The van der Waals surface area contributed by atoms with Crippen molar-refractivity contribution in [2.24, 2.45) is 0 Å². The Morgan fingerprint density at radius 1 is 1.03 bits per heavy atom. The molecule has 4 rings (SSSR count). The van der Waals surface area contributed by atoms with E-state index < -0.39 is 11.4 Å². The second-order valence-corrected chi connectivity index (χ2v) is 9.43. The number of nitrogens with zero attached hydrogens (tertiary/aromatic N) is 3. The Kier molecular flexibility index (Phi) is 7.00. The number of methoxy groups -OCH3 is 2. The summed E-state index contributed by atoms with van der Waals surface area (Å²) >= 11 is 0. The van der Waals surface area contributed by atoms with E-state index >= 15 is 0 Å². The van der Waals surface area contributed by atoms with E-state index in [1.807, 2.05) is 0 Å². The van der Waals surface area contributed by atoms with Gasteiger partial charge in [0.15, 0.2) is 5.69 Å². The molecular formula is C25H33N5O5. The third-order valence-electron chi connectivity index (χ3n) is 7.02. The number of nitrogens with one attached hydrogen (secondary N) is 2. The molecule has 2 aliphatic rings. The van der Waals surface area contributed by atoms with Crippen LogP contribution in [0.3, 0.4) is 0 Å². The smallest absolute Gasteiger partial charge is 0.276 e. The van der Waals surface area contributed by atoms with Crippen molar-refractivity contribution >= 4 is 23.4 Å². The largest absolute Gasteiger partial charge is 0.497 e. The summed E-state index contributed by atoms with van der Waals surface area (Å²) in [4.78, 5) is 40.9. The Morgan fingerprint density at radius 3 is 2.26 bits per heavy atom. The summed E-state index contributed by atoms with van der Waals surface area (Å²) in [5.74, 6) is 0.00887. The molecule has 3 amide bonds. The van der Waals surface area contributed by atoms with Gasteiger partial charge in [0.25, 0.3) is 11.8 Å². The topological polar surface area (TPSA) is 115 Å². The first-order valence-electron chi connectivity index (χ1n) is 12.0. The van der Waals surface area contributed by atoms with Crippen LogP contribution in [0.1, 0.15) is 66.4 Å². The zero-order valence-electron chi connectivity index (χ0n) is 20.7. The SMILES string of the molecule is COc1cc(NC(=O)c2cc3n(n2)C[C@@](C)(C(=O)NC2CCCCCC2)N(C)C3=O)cc(OC)c1. The number of aromatic nitrogens is 2. The first-order chi connectivity index (χ1) is 16.7. The summed E-state index contributed by atoms with van der Waals surface area (Å²) in [7, 11) is 4.66. The highest BCUT2D eigenvalue weighted by Crippen LogP contribution is 2.29. The van der Waals surface area contributed by atoms with Gasteiger partial charge in [0.2, 0.25) is 5.91 Å². The molecule has 2 N–H and O–H groups in total. The van der Waals surface area contributed by atoms with Gasteiger partial charge >= 0.3 is 0 Å². The molecule has 188 valence electrons. The fourth-order valence-corrected chi connectivity index (χ4v) is 4.68. The van der Waals surface area contributed by atoms with E-state index in [4.69, 9.17) is 9.47 Å². The van der Waals surface area contributed by atoms with E-state index in [1.54, 1.807) is 32.2 Å². The number of likely N-dealkylation sites (N-methyl/N-ethyl adjacent to an activating group) is 1. The molecule has 0 radical (unpaired) electrons. The molecule has 10 heteroatoms. The van der Waals surface area contributed by atoms with Crippen molar-refractivity contribution in [2.45, 2.75) is 63.6 Å². The highest BCUT2D eigenvalue weighted by Gasteiger charge is 2.46. The molecule has 1 saturated carbocycles. The van der Waals surface area contributed by atoms with Crippen LogP contribution in [-0.2, 0) is 11.3 Å². The molecule has 0 saturated heterocycles. The summed E-state index contributed by atoms with van der Waals surface area (Å²) < 4.78 is 11.9. The normalized spacial score (nSPS) is 20.6. The third-order valence-corrected chi connectivity index (χ3v) is 7.02. The first-order valence-corrected chi connectivity index (χ1v) is 12.0. The van der Waals surface area contributed by atoms with Crippen LogP contribution in [0.25, 0.3) is 0 Å². The molecule has 1 aromatic carbocycles. The Labute approximate surface area is 204 Å². The standard InChI is InChI=1S/C25H33N5O5/c1-25(24(33)27-16-9-7-5-6-8-10-16)15-30-21(23(32)29(25)2)14-20(28-30)22(31)26-17-11-18(34-3)13-19(12-17)35-4/h11-14,16H,5-10,15H2,1-4H3,(H,26,31)(H,27,33)/t25-/m0/s1. The molecule has 1 fully saturated rings. The fraction of sp³-hybridized carbons (Fsp3) is 0.520. The van der Waals surface area contributed by atoms with Crippen LogP contribution in [0.4, 0.5) is 5.69 Å². The maximum absolute atomic E-state index is 13.3. The Bertz CT molecular complexity index is 1100. The Balaban J connectivity index is 1.53. The van der Waals surface area contributed by atoms with Gasteiger partial charge in [0.1, 0.15) is 22.7 Å². The van der Waals surface area contributed by atoms with E-state index in [-0.39, 0.29) is 35.8 Å². The minimum atomic E-state index is -1.11. The number of hydrogen-bond donors (Lipinski definition) is 2. The maximum atomic E-state index is 13.3. The number of anilines is 1. The number of ether oxygens (including phenoxy) is 2. The minimum absolute atomic E-state index is 0.0805. The van der Waals surface area contributed by atoms with Crippen LogP contribution in [-0.4, -0.2) is 65.2 Å². The highest BCUT2D eigenvalue weighted by atomic mass is 16.5. The van der Waals surface area contributed by atoms with Gasteiger partial charge in [-0.2, -0.15) is 5.10 Å². The second-order valence-electron chi connectivity index (χ2n) is 9.43. The van der Waals surface area contributed by atoms with Gasteiger partial charge in [0.05, 0.1) is 20.8 Å². The van der Waals surface area contributed by atoms with Crippen LogP contribution >= 0.6 is 0 Å². The van der Waals surface area contributed by atoms with E-state index in [2.05, 4.69) is 15.7 Å². The summed E-state index contributed by atoms with van der Waals surface area (Å²) in [6.07, 6.45) is 6.46. The van der Waals surface area contributed by atoms with Crippen LogP contribution in [0.5, 0.6) is 11.5 Å². The van der Waals surface area contributed by atoms with Crippen LogP contribution < -0.4 is 20.1 Å². The predicted octanol–water partition coefficient (Wildman–Crippen LogP) is 2.84. The third kappa shape index (κ3) is 4.96. The molecule has 1 aliphatic carbocycles. The number of rotatable bonds is 6. The monoisotopic (exact) mass is 483 g/mol. The molecular weight excluding hydrogens is 450 g/mol. The lowest BCUT2D eigenvalue weighted by atomic mass is 9.95. The Morgan fingerprint density at radius 2 is 1.66 bits per heavy atom. The second kappa shape index (κ2) is 9.97. The molecule has 2 heterocycles. The molecule has 1 aliphatic heterocycles. The minimum Gasteiger partial charge on any atom is -0.497 e. The molecule has 35 heavy (non-hydrogen) atoms. The summed E-state index contributed by atoms with van der Waals surface area (Å²) in [6.45, 7) is 1.90. The van der Waals surface area contributed by atoms with Crippen molar-refractivity contribution in [3.8, 4) is 11.5 Å². The van der Waals surface area contributed by atoms with Gasteiger partial charge in [-0.15, -0.1) is 0 Å². The quantitative estimate of drug-likeness (QED) is 0.611. The van der Waals surface area contributed by atoms with Crippen molar-refractivity contribution in [3.05, 3.63) is 35.7 Å². The molecule has 0 spiro atoms. The van der Waals surface area contributed by atoms with Gasteiger partial charge in [0, 0.05) is 43.0 Å². The first kappa shape index (κ1) is 24.6. The zero-order valence-corrected chi connectivity index (χ0v) is 20.7. The Hall–Kier alpha value is -3.56. The average molecular weight is 484 g/mol. The van der Waals surface area contributed by atoms with E-state index in [9.17, 15) is 14.4 Å². The summed E-state index contributed by atoms with van der Waals surface area (Å²) in [6, 6.07) is 6.58. The van der Waals surface area contributed by atoms with Crippen LogP contribution in [0, 0.1) is 0 Å². The summed E-state index contributed by atoms with van der Waals surface area (Å²) in [5, 5.41) is 10.3. The molecule has 0 unspecified atom stereocenters. The van der Waals surface area contributed by atoms with E-state index in [0.29, 0.717) is 17.2 Å². The number of amides is 3. The van der Waals surface area contributed by atoms with Gasteiger partial charge in [-0.05, 0) is 19.8 Å². The van der Waals surface area contributed by atoms with Crippen molar-refractivity contribution in [3.63, 3.8) is 0 Å². The van der Waals surface area contributed by atoms with E-state index in [1.165, 1.54) is 42.7 Å². The predicted molar refractivity (Wildman–Crippen MR) is 130 cm³/mol. The number of carbonyl (C=O) groups excluding carboxylic acids is 3. The summed E-state index contributed by atoms with van der Waals surface area (Å²) in [5.41, 5.74) is -0.304. The fourth-order valence-electron chi connectivity index (χ4n) is 4.68. The van der Waals surface area contributed by atoms with Crippen molar-refractivity contribution in [2.75, 3.05) is 26.6 Å². The van der Waals surface area contributed by atoms with Gasteiger partial charge in [-0.1, -0.05) is 25.7 Å². The number of fused-ring (bicyclic) bond motifs is 1. The molecule has 0 bridgehead atoms. The number of hydrogen-bond acceptors (Lipinski definition) is 6. The lowest BCUT2D eigenvalue weighted by molar-refractivity contribution is -0.133. The van der Waals surface area contributed by atoms with Gasteiger partial charge < -0.3 is 25.0 Å².